The zero-order chi connectivity index (χ0) is 14.6. The molecule has 0 aliphatic carbocycles. The van der Waals surface area contributed by atoms with Crippen LogP contribution in [-0.4, -0.2) is 46.8 Å². The van der Waals surface area contributed by atoms with E-state index in [0.717, 1.165) is 12.1 Å². The lowest BCUT2D eigenvalue weighted by molar-refractivity contribution is -0.141. The van der Waals surface area contributed by atoms with E-state index in [1.54, 1.807) is 0 Å². The number of nitrogens with two attached hydrogens (primary N) is 1. The van der Waals surface area contributed by atoms with Crippen LogP contribution in [0.25, 0.3) is 0 Å². The first-order valence-electron chi connectivity index (χ1n) is 5.13. The highest BCUT2D eigenvalue weighted by atomic mass is 35.5. The topological polar surface area (TPSA) is 79.5 Å². The van der Waals surface area contributed by atoms with Gasteiger partial charge in [0, 0.05) is 12.1 Å². The number of halogens is 4. The van der Waals surface area contributed by atoms with Gasteiger partial charge in [0.15, 0.2) is 0 Å². The van der Waals surface area contributed by atoms with Crippen molar-refractivity contribution in [3.05, 3.63) is 22.8 Å². The minimum atomic E-state index is -4.56. The van der Waals surface area contributed by atoms with Gasteiger partial charge in [0.05, 0.1) is 6.61 Å². The molecule has 0 saturated carbocycles. The molecule has 0 atom stereocenters. The van der Waals surface area contributed by atoms with Crippen LogP contribution in [0.1, 0.15) is 10.4 Å². The van der Waals surface area contributed by atoms with Crippen molar-refractivity contribution in [3.8, 4) is 0 Å². The number of rotatable bonds is 4. The third-order valence-electron chi connectivity index (χ3n) is 2.09. The van der Waals surface area contributed by atoms with Gasteiger partial charge in [-0.3, -0.25) is 4.79 Å². The van der Waals surface area contributed by atoms with Crippen molar-refractivity contribution in [1.82, 2.24) is 9.88 Å². The Hall–Kier alpha value is -1.54. The minimum Gasteiger partial charge on any atom is -0.395 e. The van der Waals surface area contributed by atoms with Gasteiger partial charge in [-0.15, -0.1) is 0 Å². The van der Waals surface area contributed by atoms with Gasteiger partial charge in [-0.1, -0.05) is 11.6 Å². The zero-order valence-electron chi connectivity index (χ0n) is 9.62. The molecule has 1 heterocycles. The smallest absolute Gasteiger partial charge is 0.395 e. The molecule has 19 heavy (non-hydrogen) atoms. The van der Waals surface area contributed by atoms with Crippen molar-refractivity contribution in [2.75, 3.05) is 25.4 Å². The monoisotopic (exact) mass is 297 g/mol. The summed E-state index contributed by atoms with van der Waals surface area (Å²) in [7, 11) is 0. The molecular weight excluding hydrogens is 287 g/mol. The summed E-state index contributed by atoms with van der Waals surface area (Å²) in [5.74, 6) is -1.01. The molecule has 106 valence electrons. The summed E-state index contributed by atoms with van der Waals surface area (Å²) >= 11 is 5.58. The molecule has 0 fully saturated rings. The highest BCUT2D eigenvalue weighted by molar-refractivity contribution is 6.29. The predicted molar refractivity (Wildman–Crippen MR) is 62.7 cm³/mol. The minimum absolute atomic E-state index is 0.0770. The van der Waals surface area contributed by atoms with Crippen molar-refractivity contribution in [3.63, 3.8) is 0 Å². The van der Waals surface area contributed by atoms with Crippen molar-refractivity contribution in [2.24, 2.45) is 0 Å². The third kappa shape index (κ3) is 4.92. The fourth-order valence-corrected chi connectivity index (χ4v) is 1.63. The maximum absolute atomic E-state index is 12.3. The summed E-state index contributed by atoms with van der Waals surface area (Å²) in [5.41, 5.74) is 5.25. The van der Waals surface area contributed by atoms with Gasteiger partial charge in [-0.05, 0) is 12.1 Å². The van der Waals surface area contributed by atoms with Gasteiger partial charge in [-0.2, -0.15) is 13.2 Å². The van der Waals surface area contributed by atoms with Crippen LogP contribution in [0.15, 0.2) is 12.1 Å². The average Bonchev–Trinajstić information content (AvgIpc) is 2.24. The van der Waals surface area contributed by atoms with Gasteiger partial charge in [0.1, 0.15) is 17.5 Å². The van der Waals surface area contributed by atoms with Crippen LogP contribution in [0.4, 0.5) is 19.0 Å². The number of anilines is 1. The van der Waals surface area contributed by atoms with E-state index in [2.05, 4.69) is 4.98 Å². The number of carbonyl (C=O) groups is 1. The molecule has 0 saturated heterocycles. The Morgan fingerprint density at radius 3 is 2.58 bits per heavy atom. The number of amides is 1. The van der Waals surface area contributed by atoms with Crippen LogP contribution in [0.3, 0.4) is 0 Å². The first-order chi connectivity index (χ1) is 8.73. The van der Waals surface area contributed by atoms with E-state index in [1.165, 1.54) is 0 Å². The number of nitrogens with zero attached hydrogens (tertiary/aromatic N) is 2. The van der Waals surface area contributed by atoms with Crippen LogP contribution in [0, 0.1) is 0 Å². The highest BCUT2D eigenvalue weighted by Gasteiger charge is 2.33. The summed E-state index contributed by atoms with van der Waals surface area (Å²) in [4.78, 5) is 16.0. The number of aromatic nitrogens is 1. The molecule has 1 amide bonds. The second-order valence-corrected chi connectivity index (χ2v) is 4.06. The zero-order valence-corrected chi connectivity index (χ0v) is 10.4. The molecule has 9 heteroatoms. The van der Waals surface area contributed by atoms with Crippen LogP contribution in [-0.2, 0) is 0 Å². The summed E-state index contributed by atoms with van der Waals surface area (Å²) < 4.78 is 37.0. The normalized spacial score (nSPS) is 11.4. The Kier molecular flexibility index (Phi) is 4.96. The Morgan fingerprint density at radius 1 is 1.47 bits per heavy atom. The van der Waals surface area contributed by atoms with Gasteiger partial charge >= 0.3 is 6.18 Å². The van der Waals surface area contributed by atoms with Gasteiger partial charge < -0.3 is 15.7 Å². The molecule has 5 nitrogen and oxygen atoms in total. The SMILES string of the molecule is Nc1cc(C(=O)N(CCO)CC(F)(F)F)cc(Cl)n1. The summed E-state index contributed by atoms with van der Waals surface area (Å²) in [5, 5.41) is 8.62. The summed E-state index contributed by atoms with van der Waals surface area (Å²) in [6.07, 6.45) is -4.56. The van der Waals surface area contributed by atoms with Crippen molar-refractivity contribution < 1.29 is 23.1 Å². The van der Waals surface area contributed by atoms with Crippen molar-refractivity contribution >= 4 is 23.3 Å². The number of nitrogen functional groups attached to an aromatic ring is 1. The summed E-state index contributed by atoms with van der Waals surface area (Å²) in [6, 6.07) is 2.23. The molecule has 1 aromatic rings. The average molecular weight is 298 g/mol. The largest absolute Gasteiger partial charge is 0.406 e. The first kappa shape index (κ1) is 15.5. The number of alkyl halides is 3. The quantitative estimate of drug-likeness (QED) is 0.821. The fourth-order valence-electron chi connectivity index (χ4n) is 1.41. The maximum atomic E-state index is 12.3. The third-order valence-corrected chi connectivity index (χ3v) is 2.28. The lowest BCUT2D eigenvalue weighted by Crippen LogP contribution is -2.40. The van der Waals surface area contributed by atoms with Crippen LogP contribution < -0.4 is 5.73 Å². The van der Waals surface area contributed by atoms with E-state index in [4.69, 9.17) is 22.4 Å². The van der Waals surface area contributed by atoms with Gasteiger partial charge in [0.25, 0.3) is 5.91 Å². The molecule has 1 aromatic heterocycles. The molecule has 3 N–H and O–H groups in total. The number of pyridine rings is 1. The fraction of sp³-hybridized carbons (Fsp3) is 0.400. The van der Waals surface area contributed by atoms with Crippen LogP contribution in [0.5, 0.6) is 0 Å². The van der Waals surface area contributed by atoms with Crippen molar-refractivity contribution in [1.29, 1.82) is 0 Å². The predicted octanol–water partition coefficient (Wildman–Crippen LogP) is 1.31. The molecule has 0 radical (unpaired) electrons. The van der Waals surface area contributed by atoms with Crippen LogP contribution in [0.2, 0.25) is 5.15 Å². The Labute approximate surface area is 111 Å². The standard InChI is InChI=1S/C10H11ClF3N3O2/c11-7-3-6(4-8(15)16-7)9(19)17(1-2-18)5-10(12,13)14/h3-4,18H,1-2,5H2,(H2,15,16). The Bertz CT molecular complexity index is 448. The van der Waals surface area contributed by atoms with E-state index < -0.39 is 31.8 Å². The maximum Gasteiger partial charge on any atom is 0.406 e. The van der Waals surface area contributed by atoms with E-state index in [9.17, 15) is 18.0 Å². The lowest BCUT2D eigenvalue weighted by Gasteiger charge is -2.23. The second-order valence-electron chi connectivity index (χ2n) is 3.67. The molecule has 0 aliphatic heterocycles. The second kappa shape index (κ2) is 6.07. The molecule has 0 aliphatic rings. The van der Waals surface area contributed by atoms with E-state index in [1.807, 2.05) is 0 Å². The molecule has 0 unspecified atom stereocenters. The summed E-state index contributed by atoms with van der Waals surface area (Å²) in [6.45, 7) is -2.50. The first-order valence-corrected chi connectivity index (χ1v) is 5.50. The highest BCUT2D eigenvalue weighted by Crippen LogP contribution is 2.19. The van der Waals surface area contributed by atoms with Gasteiger partial charge in [0.2, 0.25) is 0 Å². The number of carbonyl (C=O) groups excluding carboxylic acids is 1. The molecule has 0 spiro atoms. The van der Waals surface area contributed by atoms with E-state index in [-0.39, 0.29) is 16.5 Å². The molecule has 0 bridgehead atoms. The Morgan fingerprint density at radius 2 is 2.11 bits per heavy atom. The van der Waals surface area contributed by atoms with Gasteiger partial charge in [-0.25, -0.2) is 4.98 Å². The number of hydrogen-bond donors (Lipinski definition) is 2. The van der Waals surface area contributed by atoms with Crippen molar-refractivity contribution in [2.45, 2.75) is 6.18 Å². The Balaban J connectivity index is 2.98. The lowest BCUT2D eigenvalue weighted by atomic mass is 10.2. The van der Waals surface area contributed by atoms with E-state index in [0.29, 0.717) is 4.90 Å². The molecule has 1 rings (SSSR count). The van der Waals surface area contributed by atoms with E-state index >= 15 is 0 Å². The number of hydrogen-bond acceptors (Lipinski definition) is 4. The van der Waals surface area contributed by atoms with Crippen LogP contribution >= 0.6 is 11.6 Å². The number of aliphatic hydroxyl groups is 1. The molecule has 0 aromatic carbocycles. The molecular formula is C10H11ClF3N3O2. The number of aliphatic hydroxyl groups excluding tert-OH is 1.